The van der Waals surface area contributed by atoms with E-state index in [4.69, 9.17) is 5.73 Å². The van der Waals surface area contributed by atoms with Gasteiger partial charge in [0, 0.05) is 24.8 Å². The predicted octanol–water partition coefficient (Wildman–Crippen LogP) is 2.71. The molecular weight excluding hydrogens is 429 g/mol. The molecule has 10 heteroatoms. The molecule has 0 aliphatic carbocycles. The zero-order valence-electron chi connectivity index (χ0n) is 18.0. The molecule has 170 valence electrons. The minimum Gasteiger partial charge on any atom is -0.348 e. The van der Waals surface area contributed by atoms with Gasteiger partial charge in [0.1, 0.15) is 0 Å². The summed E-state index contributed by atoms with van der Waals surface area (Å²) >= 11 is 0. The molecule has 8 nitrogen and oxygen atoms in total. The first-order chi connectivity index (χ1) is 13.3. The second-order valence-electron chi connectivity index (χ2n) is 7.41. The fourth-order valence-corrected chi connectivity index (χ4v) is 3.16. The number of nitrogens with zero attached hydrogens (tertiary/aromatic N) is 2. The lowest BCUT2D eigenvalue weighted by Gasteiger charge is -2.18. The van der Waals surface area contributed by atoms with Crippen LogP contribution >= 0.6 is 24.8 Å². The molecule has 0 aliphatic heterocycles. The minimum absolute atomic E-state index is 0. The highest BCUT2D eigenvalue weighted by Crippen LogP contribution is 2.20. The number of aryl methyl sites for hydroxylation is 1. The van der Waals surface area contributed by atoms with Crippen LogP contribution in [0.5, 0.6) is 0 Å². The van der Waals surface area contributed by atoms with Gasteiger partial charge in [-0.15, -0.1) is 24.8 Å². The van der Waals surface area contributed by atoms with Gasteiger partial charge in [-0.2, -0.15) is 0 Å². The molecule has 30 heavy (non-hydrogen) atoms. The lowest BCUT2D eigenvalue weighted by atomic mass is 10.0. The highest BCUT2D eigenvalue weighted by atomic mass is 35.5. The van der Waals surface area contributed by atoms with Gasteiger partial charge in [-0.25, -0.2) is 9.78 Å². The van der Waals surface area contributed by atoms with E-state index in [0.717, 1.165) is 19.3 Å². The van der Waals surface area contributed by atoms with Gasteiger partial charge in [-0.1, -0.05) is 40.5 Å². The number of aromatic nitrogens is 3. The Kier molecular flexibility index (Phi) is 11.9. The monoisotopic (exact) mass is 461 g/mol. The van der Waals surface area contributed by atoms with Crippen LogP contribution in [0.25, 0.3) is 11.0 Å². The van der Waals surface area contributed by atoms with E-state index in [1.165, 1.54) is 4.57 Å². The Morgan fingerprint density at radius 3 is 2.43 bits per heavy atom. The van der Waals surface area contributed by atoms with E-state index in [2.05, 4.69) is 22.2 Å². The molecule has 0 radical (unpaired) electrons. The predicted molar refractivity (Wildman–Crippen MR) is 125 cm³/mol. The van der Waals surface area contributed by atoms with Gasteiger partial charge in [0.15, 0.2) is 5.65 Å². The van der Waals surface area contributed by atoms with Crippen molar-refractivity contribution < 1.29 is 4.79 Å². The summed E-state index contributed by atoms with van der Waals surface area (Å²) in [5.41, 5.74) is 5.84. The molecule has 1 unspecified atom stereocenters. The van der Waals surface area contributed by atoms with Crippen LogP contribution in [0, 0.1) is 0 Å². The van der Waals surface area contributed by atoms with Crippen LogP contribution in [0.4, 0.5) is 0 Å². The lowest BCUT2D eigenvalue weighted by molar-refractivity contribution is 0.0937. The fraction of sp³-hybridized carbons (Fsp3) is 0.600. The summed E-state index contributed by atoms with van der Waals surface area (Å²) in [5, 5.41) is 3.08. The van der Waals surface area contributed by atoms with E-state index in [-0.39, 0.29) is 59.3 Å². The molecule has 1 amide bonds. The van der Waals surface area contributed by atoms with Gasteiger partial charge >= 0.3 is 5.69 Å². The number of pyridine rings is 1. The Morgan fingerprint density at radius 1 is 1.23 bits per heavy atom. The summed E-state index contributed by atoms with van der Waals surface area (Å²) in [6, 6.07) is 1.48. The Morgan fingerprint density at radius 2 is 1.90 bits per heavy atom. The van der Waals surface area contributed by atoms with E-state index in [0.29, 0.717) is 25.2 Å². The van der Waals surface area contributed by atoms with Gasteiger partial charge in [-0.3, -0.25) is 19.1 Å². The van der Waals surface area contributed by atoms with Crippen LogP contribution in [0.1, 0.15) is 75.3 Å². The Hall–Kier alpha value is -1.90. The molecule has 0 aliphatic rings. The van der Waals surface area contributed by atoms with E-state index >= 15 is 0 Å². The molecular formula is C20H33Cl2N5O3. The average molecular weight is 462 g/mol. The number of aromatic amines is 1. The van der Waals surface area contributed by atoms with Crippen molar-refractivity contribution in [3.8, 4) is 0 Å². The molecule has 2 aromatic rings. The minimum atomic E-state index is -0.599. The molecule has 0 bridgehead atoms. The number of rotatable bonds is 9. The molecule has 0 fully saturated rings. The number of carbonyl (C=O) groups excluding carboxylic acids is 1. The maximum atomic E-state index is 13.0. The third-order valence-electron chi connectivity index (χ3n) is 4.78. The van der Waals surface area contributed by atoms with Crippen molar-refractivity contribution in [2.24, 2.45) is 5.73 Å². The first kappa shape index (κ1) is 28.1. The van der Waals surface area contributed by atoms with Gasteiger partial charge in [0.05, 0.1) is 10.9 Å². The quantitative estimate of drug-likeness (QED) is 0.529. The van der Waals surface area contributed by atoms with Crippen LogP contribution < -0.4 is 22.3 Å². The van der Waals surface area contributed by atoms with E-state index < -0.39 is 11.2 Å². The average Bonchev–Trinajstić information content (AvgIpc) is 2.66. The van der Waals surface area contributed by atoms with Crippen LogP contribution in [0.2, 0.25) is 0 Å². The lowest BCUT2D eigenvalue weighted by Crippen LogP contribution is -2.41. The number of nitrogens with two attached hydrogens (primary N) is 1. The number of fused-ring (bicyclic) bond motifs is 1. The van der Waals surface area contributed by atoms with Crippen molar-refractivity contribution in [3.63, 3.8) is 0 Å². The van der Waals surface area contributed by atoms with Gasteiger partial charge in [0.25, 0.3) is 11.5 Å². The summed E-state index contributed by atoms with van der Waals surface area (Å²) in [7, 11) is 0. The molecule has 2 rings (SSSR count). The number of unbranched alkanes of at least 4 members (excludes halogenated alkanes) is 1. The summed E-state index contributed by atoms with van der Waals surface area (Å²) in [5.74, 6) is -0.334. The first-order valence-electron chi connectivity index (χ1n) is 10.0. The number of hydrogen-bond donors (Lipinski definition) is 3. The summed E-state index contributed by atoms with van der Waals surface area (Å²) < 4.78 is 1.43. The number of H-pyrrole nitrogens is 1. The zero-order valence-corrected chi connectivity index (χ0v) is 19.6. The molecule has 0 spiro atoms. The highest BCUT2D eigenvalue weighted by Gasteiger charge is 2.21. The van der Waals surface area contributed by atoms with Crippen molar-refractivity contribution in [2.45, 2.75) is 71.9 Å². The second-order valence-corrected chi connectivity index (χ2v) is 7.41. The molecule has 2 heterocycles. The number of halogens is 2. The van der Waals surface area contributed by atoms with Gasteiger partial charge in [-0.05, 0) is 24.8 Å². The zero-order chi connectivity index (χ0) is 20.8. The molecule has 0 saturated carbocycles. The number of nitrogens with one attached hydrogen (secondary N) is 2. The largest absolute Gasteiger partial charge is 0.348 e. The first-order valence-corrected chi connectivity index (χ1v) is 10.0. The van der Waals surface area contributed by atoms with Crippen molar-refractivity contribution in [2.75, 3.05) is 6.54 Å². The number of carbonyl (C=O) groups is 1. The van der Waals surface area contributed by atoms with Crippen LogP contribution in [0.3, 0.4) is 0 Å². The third-order valence-corrected chi connectivity index (χ3v) is 4.78. The third kappa shape index (κ3) is 6.30. The van der Waals surface area contributed by atoms with Crippen molar-refractivity contribution in [3.05, 3.63) is 38.2 Å². The standard InChI is InChI=1S/C20H31N5O3.2ClH/c1-5-7-8-13(11-21)22-18(26)14-10-15(12(3)4)23-17-16(14)19(27)24-20(28)25(17)9-6-2;;/h10,12-13H,5-9,11,21H2,1-4H3,(H,22,26)(H,24,27,28);2*1H. The van der Waals surface area contributed by atoms with Crippen molar-refractivity contribution in [1.82, 2.24) is 19.9 Å². The topological polar surface area (TPSA) is 123 Å². The maximum absolute atomic E-state index is 13.0. The van der Waals surface area contributed by atoms with E-state index in [1.807, 2.05) is 20.8 Å². The number of hydrogen-bond acceptors (Lipinski definition) is 5. The Balaban J connectivity index is 0.00000420. The van der Waals surface area contributed by atoms with E-state index in [9.17, 15) is 14.4 Å². The summed E-state index contributed by atoms with van der Waals surface area (Å²) in [6.07, 6.45) is 3.43. The van der Waals surface area contributed by atoms with Crippen molar-refractivity contribution in [1.29, 1.82) is 0 Å². The Labute approximate surface area is 188 Å². The Bertz CT molecular complexity index is 956. The summed E-state index contributed by atoms with van der Waals surface area (Å²) in [6.45, 7) is 8.65. The smallest absolute Gasteiger partial charge is 0.329 e. The molecule has 1 atom stereocenters. The van der Waals surface area contributed by atoms with Crippen LogP contribution in [-0.2, 0) is 6.54 Å². The number of amides is 1. The fourth-order valence-electron chi connectivity index (χ4n) is 3.16. The van der Waals surface area contributed by atoms with Crippen LogP contribution in [-0.4, -0.2) is 33.0 Å². The highest BCUT2D eigenvalue weighted by molar-refractivity contribution is 6.05. The van der Waals surface area contributed by atoms with Crippen molar-refractivity contribution >= 4 is 41.8 Å². The maximum Gasteiger partial charge on any atom is 0.329 e. The van der Waals surface area contributed by atoms with E-state index in [1.54, 1.807) is 6.07 Å². The molecule has 0 saturated heterocycles. The summed E-state index contributed by atoms with van der Waals surface area (Å²) in [4.78, 5) is 44.8. The SMILES string of the molecule is CCCCC(CN)NC(=O)c1cc(C(C)C)nc2c1c(=O)[nH]c(=O)n2CCC.Cl.Cl. The van der Waals surface area contributed by atoms with Gasteiger partial charge < -0.3 is 11.1 Å². The molecule has 0 aromatic carbocycles. The molecule has 2 aromatic heterocycles. The second kappa shape index (κ2) is 12.7. The van der Waals surface area contributed by atoms with Gasteiger partial charge in [0.2, 0.25) is 0 Å². The normalized spacial score (nSPS) is 11.7. The molecule has 4 N–H and O–H groups in total. The van der Waals surface area contributed by atoms with Crippen LogP contribution in [0.15, 0.2) is 15.7 Å².